The Kier molecular flexibility index (Phi) is 3.05. The van der Waals surface area contributed by atoms with Gasteiger partial charge in [-0.1, -0.05) is 36.4 Å². The molecule has 2 N–H and O–H groups in total. The normalized spacial score (nSPS) is 23.2. The third kappa shape index (κ3) is 2.51. The van der Waals surface area contributed by atoms with Gasteiger partial charge in [0.15, 0.2) is 0 Å². The minimum Gasteiger partial charge on any atom is -0.311 e. The van der Waals surface area contributed by atoms with Crippen LogP contribution in [0.1, 0.15) is 5.56 Å². The number of hydrogen-bond acceptors (Lipinski definition) is 3. The van der Waals surface area contributed by atoms with Crippen molar-refractivity contribution in [3.8, 4) is 0 Å². The van der Waals surface area contributed by atoms with E-state index >= 15 is 0 Å². The molecule has 19 heavy (non-hydrogen) atoms. The van der Waals surface area contributed by atoms with Crippen molar-refractivity contribution in [2.24, 2.45) is 5.92 Å². The fraction of sp³-hybridized carbons (Fsp3) is 0.286. The number of fused-ring (bicyclic) bond motifs is 1. The molecule has 3 amide bonds. The van der Waals surface area contributed by atoms with E-state index in [1.165, 1.54) is 5.56 Å². The topological polar surface area (TPSA) is 61.4 Å². The van der Waals surface area contributed by atoms with Crippen LogP contribution in [-0.2, 0) is 11.3 Å². The number of nitrogens with one attached hydrogen (secondary N) is 2. The van der Waals surface area contributed by atoms with Gasteiger partial charge in [0.25, 0.3) is 0 Å². The molecule has 2 heterocycles. The van der Waals surface area contributed by atoms with Crippen molar-refractivity contribution in [2.75, 3.05) is 13.1 Å². The Morgan fingerprint density at radius 3 is 2.74 bits per heavy atom. The second-order valence-corrected chi connectivity index (χ2v) is 4.84. The first-order valence-electron chi connectivity index (χ1n) is 6.30. The van der Waals surface area contributed by atoms with E-state index in [0.717, 1.165) is 18.8 Å². The molecule has 1 aromatic carbocycles. The second-order valence-electron chi connectivity index (χ2n) is 4.84. The van der Waals surface area contributed by atoms with Crippen LogP contribution in [0, 0.1) is 5.92 Å². The van der Waals surface area contributed by atoms with E-state index in [1.807, 2.05) is 24.3 Å². The van der Waals surface area contributed by atoms with Gasteiger partial charge < -0.3 is 5.32 Å². The van der Waals surface area contributed by atoms with Crippen LogP contribution in [0.5, 0.6) is 0 Å². The molecule has 0 bridgehead atoms. The highest BCUT2D eigenvalue weighted by Crippen LogP contribution is 2.20. The van der Waals surface area contributed by atoms with Gasteiger partial charge in [-0.25, -0.2) is 4.79 Å². The Labute approximate surface area is 111 Å². The molecule has 1 unspecified atom stereocenters. The van der Waals surface area contributed by atoms with Crippen LogP contribution in [0.2, 0.25) is 0 Å². The van der Waals surface area contributed by atoms with Gasteiger partial charge in [0.05, 0.1) is 5.92 Å². The van der Waals surface area contributed by atoms with Crippen molar-refractivity contribution in [3.63, 3.8) is 0 Å². The van der Waals surface area contributed by atoms with Gasteiger partial charge in [0, 0.05) is 25.3 Å². The standard InChI is InChI=1S/C14H15N3O2/c18-13-11-9-17(8-10-4-2-1-3-5-10)7-6-12(11)15-14(19)16-13/h1-6,11H,7-9H2,(H2,15,16,18,19). The van der Waals surface area contributed by atoms with Crippen LogP contribution >= 0.6 is 0 Å². The molecule has 3 rings (SSSR count). The Morgan fingerprint density at radius 2 is 1.95 bits per heavy atom. The minimum atomic E-state index is -0.427. The largest absolute Gasteiger partial charge is 0.325 e. The summed E-state index contributed by atoms with van der Waals surface area (Å²) in [6.07, 6.45) is 1.92. The van der Waals surface area contributed by atoms with E-state index in [1.54, 1.807) is 0 Å². The zero-order valence-corrected chi connectivity index (χ0v) is 10.4. The molecular formula is C14H15N3O2. The maximum Gasteiger partial charge on any atom is 0.325 e. The summed E-state index contributed by atoms with van der Waals surface area (Å²) in [5.41, 5.74) is 1.96. The minimum absolute atomic E-state index is 0.215. The first-order valence-corrected chi connectivity index (χ1v) is 6.30. The van der Waals surface area contributed by atoms with Crippen molar-refractivity contribution in [1.82, 2.24) is 15.5 Å². The van der Waals surface area contributed by atoms with E-state index in [0.29, 0.717) is 6.54 Å². The zero-order chi connectivity index (χ0) is 13.2. The van der Waals surface area contributed by atoms with E-state index in [-0.39, 0.29) is 11.8 Å². The van der Waals surface area contributed by atoms with Crippen LogP contribution in [0.3, 0.4) is 0 Å². The molecule has 1 saturated heterocycles. The van der Waals surface area contributed by atoms with Crippen LogP contribution in [0.4, 0.5) is 4.79 Å². The molecule has 1 fully saturated rings. The van der Waals surface area contributed by atoms with Crippen molar-refractivity contribution >= 4 is 11.9 Å². The van der Waals surface area contributed by atoms with Gasteiger partial charge in [-0.05, 0) is 5.56 Å². The summed E-state index contributed by atoms with van der Waals surface area (Å²) in [6, 6.07) is 9.72. The first kappa shape index (κ1) is 11.9. The molecule has 2 aliphatic rings. The number of carbonyl (C=O) groups excluding carboxylic acids is 2. The Hall–Kier alpha value is -2.14. The second kappa shape index (κ2) is 4.85. The summed E-state index contributed by atoms with van der Waals surface area (Å²) >= 11 is 0. The van der Waals surface area contributed by atoms with Crippen molar-refractivity contribution in [3.05, 3.63) is 47.7 Å². The van der Waals surface area contributed by atoms with Gasteiger partial charge in [0.1, 0.15) is 0 Å². The third-order valence-electron chi connectivity index (χ3n) is 3.45. The summed E-state index contributed by atoms with van der Waals surface area (Å²) < 4.78 is 0. The van der Waals surface area contributed by atoms with Gasteiger partial charge in [-0.2, -0.15) is 0 Å². The number of hydrogen-bond donors (Lipinski definition) is 2. The molecule has 1 atom stereocenters. The fourth-order valence-electron chi connectivity index (χ4n) is 2.50. The molecular weight excluding hydrogens is 242 g/mol. The number of rotatable bonds is 2. The summed E-state index contributed by atoms with van der Waals surface area (Å²) in [5, 5.41) is 5.00. The monoisotopic (exact) mass is 257 g/mol. The lowest BCUT2D eigenvalue weighted by Gasteiger charge is -2.34. The summed E-state index contributed by atoms with van der Waals surface area (Å²) in [6.45, 7) is 2.18. The molecule has 0 aromatic heterocycles. The molecule has 0 spiro atoms. The lowest BCUT2D eigenvalue weighted by atomic mass is 9.97. The Morgan fingerprint density at radius 1 is 1.16 bits per heavy atom. The molecule has 0 radical (unpaired) electrons. The van der Waals surface area contributed by atoms with Crippen LogP contribution in [-0.4, -0.2) is 29.9 Å². The van der Waals surface area contributed by atoms with E-state index < -0.39 is 6.03 Å². The third-order valence-corrected chi connectivity index (χ3v) is 3.45. The van der Waals surface area contributed by atoms with E-state index in [2.05, 4.69) is 27.7 Å². The van der Waals surface area contributed by atoms with Gasteiger partial charge in [-0.15, -0.1) is 0 Å². The molecule has 98 valence electrons. The number of amides is 3. The smallest absolute Gasteiger partial charge is 0.311 e. The molecule has 0 aliphatic carbocycles. The first-order chi connectivity index (χ1) is 9.22. The molecule has 1 aromatic rings. The van der Waals surface area contributed by atoms with Gasteiger partial charge in [-0.3, -0.25) is 15.0 Å². The predicted molar refractivity (Wildman–Crippen MR) is 70.0 cm³/mol. The highest BCUT2D eigenvalue weighted by Gasteiger charge is 2.34. The number of carbonyl (C=O) groups is 2. The lowest BCUT2D eigenvalue weighted by Crippen LogP contribution is -2.55. The molecule has 5 nitrogen and oxygen atoms in total. The van der Waals surface area contributed by atoms with Crippen LogP contribution < -0.4 is 10.6 Å². The maximum absolute atomic E-state index is 11.8. The van der Waals surface area contributed by atoms with Crippen molar-refractivity contribution < 1.29 is 9.59 Å². The lowest BCUT2D eigenvalue weighted by molar-refractivity contribution is -0.124. The van der Waals surface area contributed by atoms with Crippen molar-refractivity contribution in [1.29, 1.82) is 0 Å². The maximum atomic E-state index is 11.8. The number of nitrogens with zero attached hydrogens (tertiary/aromatic N) is 1. The van der Waals surface area contributed by atoms with E-state index in [4.69, 9.17) is 0 Å². The molecule has 0 saturated carbocycles. The Balaban J connectivity index is 1.72. The fourth-order valence-corrected chi connectivity index (χ4v) is 2.50. The summed E-state index contributed by atoms with van der Waals surface area (Å²) in [7, 11) is 0. The highest BCUT2D eigenvalue weighted by atomic mass is 16.2. The summed E-state index contributed by atoms with van der Waals surface area (Å²) in [4.78, 5) is 25.2. The predicted octanol–water partition coefficient (Wildman–Crippen LogP) is 0.842. The van der Waals surface area contributed by atoms with Gasteiger partial charge >= 0.3 is 6.03 Å². The average Bonchev–Trinajstić information content (AvgIpc) is 2.40. The number of imide groups is 1. The average molecular weight is 257 g/mol. The van der Waals surface area contributed by atoms with Gasteiger partial charge in [0.2, 0.25) is 5.91 Å². The van der Waals surface area contributed by atoms with Crippen LogP contribution in [0.25, 0.3) is 0 Å². The number of benzene rings is 1. The van der Waals surface area contributed by atoms with Crippen LogP contribution in [0.15, 0.2) is 42.1 Å². The highest BCUT2D eigenvalue weighted by molar-refractivity contribution is 6.00. The quantitative estimate of drug-likeness (QED) is 0.825. The SMILES string of the molecule is O=C1NC(=O)C2CN(Cc3ccccc3)CC=C2N1. The van der Waals surface area contributed by atoms with Crippen molar-refractivity contribution in [2.45, 2.75) is 6.54 Å². The number of urea groups is 1. The molecule has 2 aliphatic heterocycles. The zero-order valence-electron chi connectivity index (χ0n) is 10.4. The Bertz CT molecular complexity index is 539. The summed E-state index contributed by atoms with van der Waals surface area (Å²) in [5.74, 6) is -0.483. The molecule has 5 heteroatoms. The van der Waals surface area contributed by atoms with E-state index in [9.17, 15) is 9.59 Å².